The number of amides is 1. The number of benzene rings is 1. The van der Waals surface area contributed by atoms with E-state index >= 15 is 0 Å². The van der Waals surface area contributed by atoms with Crippen molar-refractivity contribution in [3.63, 3.8) is 0 Å². The Balaban J connectivity index is 1.43. The van der Waals surface area contributed by atoms with Gasteiger partial charge in [-0.05, 0) is 37.8 Å². The summed E-state index contributed by atoms with van der Waals surface area (Å²) in [6, 6.07) is 3.88. The van der Waals surface area contributed by atoms with Gasteiger partial charge in [-0.15, -0.1) is 5.10 Å². The maximum Gasteiger partial charge on any atom is 0.407 e. The molecule has 34 heavy (non-hydrogen) atoms. The second-order valence-electron chi connectivity index (χ2n) is 8.57. The molecule has 12 nitrogen and oxygen atoms in total. The van der Waals surface area contributed by atoms with Crippen LogP contribution in [0.3, 0.4) is 0 Å². The van der Waals surface area contributed by atoms with Crippen LogP contribution in [0.25, 0.3) is 5.65 Å². The molecule has 13 heteroatoms. The van der Waals surface area contributed by atoms with Crippen molar-refractivity contribution >= 4 is 58.0 Å². The number of imidazole rings is 1. The lowest BCUT2D eigenvalue weighted by molar-refractivity contribution is 0.165. The predicted molar refractivity (Wildman–Crippen MR) is 132 cm³/mol. The Morgan fingerprint density at radius 1 is 1.24 bits per heavy atom. The number of rotatable bonds is 6. The highest BCUT2D eigenvalue weighted by Crippen LogP contribution is 2.38. The molecule has 0 radical (unpaired) electrons. The number of hydrogen-bond donors (Lipinski definition) is 5. The lowest BCUT2D eigenvalue weighted by Crippen LogP contribution is -2.47. The van der Waals surface area contributed by atoms with E-state index in [1.807, 2.05) is 6.07 Å². The monoisotopic (exact) mass is 486 g/mol. The second-order valence-corrected chi connectivity index (χ2v) is 8.95. The van der Waals surface area contributed by atoms with E-state index < -0.39 is 6.09 Å². The molecule has 1 saturated carbocycles. The molecular formula is C21H27ClN10O2. The number of piperidine rings is 1. The third kappa shape index (κ3) is 4.53. The van der Waals surface area contributed by atoms with Crippen molar-refractivity contribution in [3.05, 3.63) is 23.4 Å². The van der Waals surface area contributed by atoms with Crippen molar-refractivity contribution in [1.82, 2.24) is 24.9 Å². The van der Waals surface area contributed by atoms with Gasteiger partial charge in [0.2, 0.25) is 5.95 Å². The standard InChI is InChI=1S/C21H27ClN10O2/c1-34-21(33)27-13-3-2-6-31(10-13)15-8-11(23)7-14(17(15)22)28-20-29-18(26-12-4-5-12)19-25-9-16(24)32(19)30-20/h7-9,12-13H,2-6,10,23-24H2,1H3,(H,27,33)(H2,26,28,29,30)/t13-/m1/s1. The van der Waals surface area contributed by atoms with Crippen LogP contribution in [-0.4, -0.2) is 58.0 Å². The Morgan fingerprint density at radius 2 is 2.06 bits per heavy atom. The fourth-order valence-electron chi connectivity index (χ4n) is 4.08. The van der Waals surface area contributed by atoms with Crippen LogP contribution in [0.4, 0.5) is 39.4 Å². The summed E-state index contributed by atoms with van der Waals surface area (Å²) in [5, 5.41) is 14.4. The number of hydrogen-bond acceptors (Lipinski definition) is 10. The zero-order valence-electron chi connectivity index (χ0n) is 18.7. The molecule has 7 N–H and O–H groups in total. The summed E-state index contributed by atoms with van der Waals surface area (Å²) in [6.07, 6.45) is 5.01. The Labute approximate surface area is 201 Å². The van der Waals surface area contributed by atoms with Gasteiger partial charge in [-0.1, -0.05) is 11.6 Å². The number of anilines is 6. The van der Waals surface area contributed by atoms with Crippen LogP contribution in [0.5, 0.6) is 0 Å². The molecular weight excluding hydrogens is 460 g/mol. The number of carbonyl (C=O) groups excluding carboxylic acids is 1. The van der Waals surface area contributed by atoms with Crippen molar-refractivity contribution in [2.75, 3.05) is 47.2 Å². The molecule has 1 aromatic carbocycles. The maximum absolute atomic E-state index is 11.7. The van der Waals surface area contributed by atoms with E-state index in [4.69, 9.17) is 27.8 Å². The highest BCUT2D eigenvalue weighted by atomic mass is 35.5. The van der Waals surface area contributed by atoms with Crippen molar-refractivity contribution in [2.24, 2.45) is 0 Å². The van der Waals surface area contributed by atoms with Gasteiger partial charge in [0.25, 0.3) is 0 Å². The molecule has 3 heterocycles. The lowest BCUT2D eigenvalue weighted by Gasteiger charge is -2.35. The van der Waals surface area contributed by atoms with Crippen LogP contribution in [0.2, 0.25) is 5.02 Å². The fourth-order valence-corrected chi connectivity index (χ4v) is 4.36. The summed E-state index contributed by atoms with van der Waals surface area (Å²) in [6.45, 7) is 1.37. The van der Waals surface area contributed by atoms with E-state index in [1.165, 1.54) is 11.6 Å². The average Bonchev–Trinajstić information content (AvgIpc) is 3.56. The molecule has 0 spiro atoms. The smallest absolute Gasteiger partial charge is 0.407 e. The first-order valence-electron chi connectivity index (χ1n) is 11.1. The van der Waals surface area contributed by atoms with Gasteiger partial charge < -0.3 is 37.1 Å². The first-order chi connectivity index (χ1) is 16.4. The molecule has 2 aliphatic rings. The second kappa shape index (κ2) is 8.93. The first kappa shape index (κ1) is 22.1. The summed E-state index contributed by atoms with van der Waals surface area (Å²) in [4.78, 5) is 22.7. The topological polar surface area (TPSA) is 161 Å². The third-order valence-electron chi connectivity index (χ3n) is 5.90. The summed E-state index contributed by atoms with van der Waals surface area (Å²) >= 11 is 6.82. The fraction of sp³-hybridized carbons (Fsp3) is 0.429. The number of methoxy groups -OCH3 is 1. The van der Waals surface area contributed by atoms with Crippen molar-refractivity contribution in [1.29, 1.82) is 0 Å². The minimum atomic E-state index is -0.449. The summed E-state index contributed by atoms with van der Waals surface area (Å²) < 4.78 is 6.27. The van der Waals surface area contributed by atoms with Gasteiger partial charge in [0, 0.05) is 30.9 Å². The number of alkyl carbamates (subject to hydrolysis) is 1. The summed E-state index contributed by atoms with van der Waals surface area (Å²) in [5.74, 6) is 1.31. The van der Waals surface area contributed by atoms with Crippen LogP contribution in [0.15, 0.2) is 18.3 Å². The lowest BCUT2D eigenvalue weighted by atomic mass is 10.0. The Bertz CT molecular complexity index is 1230. The molecule has 2 fully saturated rings. The van der Waals surface area contributed by atoms with Gasteiger partial charge in [-0.2, -0.15) is 9.50 Å². The number of nitrogen functional groups attached to an aromatic ring is 2. The van der Waals surface area contributed by atoms with Crippen LogP contribution in [0.1, 0.15) is 25.7 Å². The molecule has 1 aliphatic heterocycles. The molecule has 1 aliphatic carbocycles. The Morgan fingerprint density at radius 3 is 2.82 bits per heavy atom. The summed E-state index contributed by atoms with van der Waals surface area (Å²) in [7, 11) is 1.35. The number of fused-ring (bicyclic) bond motifs is 1. The zero-order valence-corrected chi connectivity index (χ0v) is 19.5. The van der Waals surface area contributed by atoms with E-state index in [-0.39, 0.29) is 6.04 Å². The minimum absolute atomic E-state index is 0.0545. The number of aromatic nitrogens is 4. The SMILES string of the molecule is COC(=O)N[C@@H]1CCCN(c2cc(N)cc(Nc3nc(NC4CC4)c4ncc(N)n4n3)c2Cl)C1. The van der Waals surface area contributed by atoms with Gasteiger partial charge in [0.05, 0.1) is 29.7 Å². The number of halogens is 1. The highest BCUT2D eigenvalue weighted by Gasteiger charge is 2.26. The molecule has 1 amide bonds. The summed E-state index contributed by atoms with van der Waals surface area (Å²) in [5.41, 5.74) is 14.7. The van der Waals surface area contributed by atoms with Crippen molar-refractivity contribution in [2.45, 2.75) is 37.8 Å². The van der Waals surface area contributed by atoms with Gasteiger partial charge in [0.15, 0.2) is 11.5 Å². The molecule has 0 unspecified atom stereocenters. The van der Waals surface area contributed by atoms with Crippen LogP contribution < -0.4 is 32.3 Å². The first-order valence-corrected chi connectivity index (χ1v) is 11.5. The number of nitrogens with zero attached hydrogens (tertiary/aromatic N) is 5. The van der Waals surface area contributed by atoms with Crippen LogP contribution >= 0.6 is 11.6 Å². The van der Waals surface area contributed by atoms with Crippen molar-refractivity contribution < 1.29 is 9.53 Å². The molecule has 180 valence electrons. The minimum Gasteiger partial charge on any atom is -0.453 e. The highest BCUT2D eigenvalue weighted by molar-refractivity contribution is 6.36. The van der Waals surface area contributed by atoms with Crippen molar-refractivity contribution in [3.8, 4) is 0 Å². The molecule has 3 aromatic rings. The van der Waals surface area contributed by atoms with Gasteiger partial charge in [-0.25, -0.2) is 9.78 Å². The number of nitrogens with one attached hydrogen (secondary N) is 3. The van der Waals surface area contributed by atoms with Gasteiger partial charge in [-0.3, -0.25) is 0 Å². The Hall–Kier alpha value is -3.67. The predicted octanol–water partition coefficient (Wildman–Crippen LogP) is 2.58. The average molecular weight is 487 g/mol. The van der Waals surface area contributed by atoms with Crippen LogP contribution in [0, 0.1) is 0 Å². The van der Waals surface area contributed by atoms with Crippen LogP contribution in [-0.2, 0) is 4.74 Å². The number of nitrogens with two attached hydrogens (primary N) is 2. The molecule has 2 aromatic heterocycles. The van der Waals surface area contributed by atoms with E-state index in [0.29, 0.717) is 52.2 Å². The molecule has 5 rings (SSSR count). The van der Waals surface area contributed by atoms with E-state index in [0.717, 1.165) is 37.9 Å². The maximum atomic E-state index is 11.7. The molecule has 1 atom stereocenters. The van der Waals surface area contributed by atoms with E-state index in [2.05, 4.69) is 35.9 Å². The quantitative estimate of drug-likeness (QED) is 0.327. The van der Waals surface area contributed by atoms with Gasteiger partial charge >= 0.3 is 6.09 Å². The Kier molecular flexibility index (Phi) is 5.82. The molecule has 1 saturated heterocycles. The zero-order chi connectivity index (χ0) is 23.8. The van der Waals surface area contributed by atoms with E-state index in [9.17, 15) is 4.79 Å². The molecule has 0 bridgehead atoms. The normalized spacial score (nSPS) is 18.1. The number of carbonyl (C=O) groups is 1. The van der Waals surface area contributed by atoms with E-state index in [1.54, 1.807) is 12.3 Å². The largest absolute Gasteiger partial charge is 0.453 e. The van der Waals surface area contributed by atoms with Gasteiger partial charge in [0.1, 0.15) is 5.82 Å². The third-order valence-corrected chi connectivity index (χ3v) is 6.30. The number of ether oxygens (including phenoxy) is 1.